The summed E-state index contributed by atoms with van der Waals surface area (Å²) in [6.45, 7) is 2.86. The molecule has 4 amide bonds. The van der Waals surface area contributed by atoms with E-state index < -0.39 is 11.8 Å². The van der Waals surface area contributed by atoms with Gasteiger partial charge in [-0.25, -0.2) is 9.18 Å². The van der Waals surface area contributed by atoms with Crippen molar-refractivity contribution < 1.29 is 28.2 Å². The van der Waals surface area contributed by atoms with E-state index in [0.29, 0.717) is 36.4 Å². The highest BCUT2D eigenvalue weighted by Crippen LogP contribution is 2.32. The van der Waals surface area contributed by atoms with Gasteiger partial charge in [0.2, 0.25) is 5.91 Å². The molecule has 36 heavy (non-hydrogen) atoms. The lowest BCUT2D eigenvalue weighted by Crippen LogP contribution is -2.54. The van der Waals surface area contributed by atoms with Crippen LogP contribution in [0.2, 0.25) is 0 Å². The summed E-state index contributed by atoms with van der Waals surface area (Å²) in [6, 6.07) is 9.76. The fraction of sp³-hybridized carbons (Fsp3) is 0.423. The third-order valence-corrected chi connectivity index (χ3v) is 6.38. The number of likely N-dealkylation sites (N-methyl/N-ethyl adjacent to an activating group) is 1. The van der Waals surface area contributed by atoms with E-state index in [2.05, 4.69) is 16.0 Å². The summed E-state index contributed by atoms with van der Waals surface area (Å²) in [4.78, 5) is 39.5. The Labute approximate surface area is 209 Å². The molecule has 0 unspecified atom stereocenters. The molecule has 2 aliphatic rings. The zero-order valence-corrected chi connectivity index (χ0v) is 20.4. The highest BCUT2D eigenvalue weighted by molar-refractivity contribution is 6.02. The molecule has 2 aliphatic heterocycles. The summed E-state index contributed by atoms with van der Waals surface area (Å²) in [5, 5.41) is 7.95. The van der Waals surface area contributed by atoms with Gasteiger partial charge < -0.3 is 30.3 Å². The van der Waals surface area contributed by atoms with Crippen LogP contribution in [0.5, 0.6) is 5.75 Å². The number of halogens is 1. The van der Waals surface area contributed by atoms with Crippen molar-refractivity contribution in [3.63, 3.8) is 0 Å². The van der Waals surface area contributed by atoms with Crippen molar-refractivity contribution in [3.8, 4) is 5.75 Å². The molecule has 4 rings (SSSR count). The molecule has 0 spiro atoms. The number of anilines is 2. The zero-order valence-electron chi connectivity index (χ0n) is 20.4. The number of nitrogens with one attached hydrogen (secondary N) is 3. The summed E-state index contributed by atoms with van der Waals surface area (Å²) >= 11 is 0. The van der Waals surface area contributed by atoms with E-state index in [1.807, 2.05) is 6.92 Å². The fourth-order valence-corrected chi connectivity index (χ4v) is 4.50. The van der Waals surface area contributed by atoms with Gasteiger partial charge in [0.15, 0.2) is 0 Å². The Morgan fingerprint density at radius 1 is 1.14 bits per heavy atom. The highest BCUT2D eigenvalue weighted by atomic mass is 19.1. The number of ether oxygens (including phenoxy) is 2. The minimum Gasteiger partial charge on any atom is -0.490 e. The van der Waals surface area contributed by atoms with E-state index in [1.165, 1.54) is 18.2 Å². The molecule has 2 aromatic carbocycles. The van der Waals surface area contributed by atoms with Gasteiger partial charge in [-0.3, -0.25) is 9.59 Å². The second kappa shape index (κ2) is 11.4. The van der Waals surface area contributed by atoms with Crippen LogP contribution in [0, 0.1) is 5.82 Å². The molecule has 2 heterocycles. The lowest BCUT2D eigenvalue weighted by molar-refractivity contribution is -0.134. The minimum atomic E-state index is -0.637. The number of carbonyl (C=O) groups is 3. The van der Waals surface area contributed by atoms with Gasteiger partial charge in [-0.2, -0.15) is 0 Å². The van der Waals surface area contributed by atoms with Crippen LogP contribution in [0.15, 0.2) is 42.5 Å². The molecule has 0 saturated carbocycles. The van der Waals surface area contributed by atoms with Crippen molar-refractivity contribution in [3.05, 3.63) is 53.8 Å². The monoisotopic (exact) mass is 498 g/mol. The number of fused-ring (bicyclic) bond motifs is 2. The SMILES string of the molecule is CCCNC(=O)C[C@@H]1CC[C@H]2[C@H](COc3ccc(NC(=O)Nc4ccccc4F)cc3C(=O)N2C)O1. The van der Waals surface area contributed by atoms with E-state index in [1.54, 1.807) is 36.2 Å². The first-order valence-electron chi connectivity index (χ1n) is 12.1. The lowest BCUT2D eigenvalue weighted by atomic mass is 9.94. The quantitative estimate of drug-likeness (QED) is 0.562. The van der Waals surface area contributed by atoms with Gasteiger partial charge in [0, 0.05) is 19.3 Å². The maximum Gasteiger partial charge on any atom is 0.323 e. The second-order valence-electron chi connectivity index (χ2n) is 8.99. The Balaban J connectivity index is 1.43. The summed E-state index contributed by atoms with van der Waals surface area (Å²) in [6.07, 6.45) is 1.89. The van der Waals surface area contributed by atoms with Crippen LogP contribution in [0.25, 0.3) is 0 Å². The Morgan fingerprint density at radius 2 is 1.94 bits per heavy atom. The lowest BCUT2D eigenvalue weighted by Gasteiger charge is -2.42. The predicted octanol–water partition coefficient (Wildman–Crippen LogP) is 3.77. The third-order valence-electron chi connectivity index (χ3n) is 6.38. The van der Waals surface area contributed by atoms with Gasteiger partial charge in [-0.15, -0.1) is 0 Å². The largest absolute Gasteiger partial charge is 0.490 e. The second-order valence-corrected chi connectivity index (χ2v) is 8.99. The topological polar surface area (TPSA) is 109 Å². The molecule has 192 valence electrons. The first-order chi connectivity index (χ1) is 17.4. The van der Waals surface area contributed by atoms with Crippen molar-refractivity contribution in [2.45, 2.75) is 50.9 Å². The molecule has 1 saturated heterocycles. The molecule has 10 heteroatoms. The normalized spacial score (nSPS) is 21.2. The number of hydrogen-bond donors (Lipinski definition) is 3. The Kier molecular flexibility index (Phi) is 8.04. The molecule has 0 aliphatic carbocycles. The molecular weight excluding hydrogens is 467 g/mol. The number of hydrogen-bond acceptors (Lipinski definition) is 5. The van der Waals surface area contributed by atoms with Gasteiger partial charge in [-0.05, 0) is 49.6 Å². The van der Waals surface area contributed by atoms with Crippen LogP contribution in [-0.2, 0) is 9.53 Å². The van der Waals surface area contributed by atoms with Gasteiger partial charge >= 0.3 is 6.03 Å². The molecule has 3 N–H and O–H groups in total. The van der Waals surface area contributed by atoms with Gasteiger partial charge in [0.1, 0.15) is 24.3 Å². The zero-order chi connectivity index (χ0) is 25.7. The summed E-state index contributed by atoms with van der Waals surface area (Å²) < 4.78 is 26.0. The average Bonchev–Trinajstić information content (AvgIpc) is 2.86. The Hall–Kier alpha value is -3.66. The van der Waals surface area contributed by atoms with Crippen LogP contribution in [0.1, 0.15) is 43.0 Å². The fourth-order valence-electron chi connectivity index (χ4n) is 4.50. The van der Waals surface area contributed by atoms with Crippen molar-refractivity contribution >= 4 is 29.2 Å². The Bertz CT molecular complexity index is 1130. The maximum atomic E-state index is 13.8. The molecular formula is C26H31FN4O5. The first kappa shape index (κ1) is 25.4. The van der Waals surface area contributed by atoms with Crippen LogP contribution >= 0.6 is 0 Å². The van der Waals surface area contributed by atoms with Crippen molar-refractivity contribution in [2.24, 2.45) is 0 Å². The molecule has 0 bridgehead atoms. The number of amides is 4. The average molecular weight is 499 g/mol. The van der Waals surface area contributed by atoms with E-state index in [4.69, 9.17) is 9.47 Å². The molecule has 9 nitrogen and oxygen atoms in total. The number of carbonyl (C=O) groups excluding carboxylic acids is 3. The number of benzene rings is 2. The first-order valence-corrected chi connectivity index (χ1v) is 12.1. The molecule has 0 radical (unpaired) electrons. The summed E-state index contributed by atoms with van der Waals surface area (Å²) in [5.41, 5.74) is 0.716. The number of rotatable bonds is 6. The predicted molar refractivity (Wildman–Crippen MR) is 133 cm³/mol. The summed E-state index contributed by atoms with van der Waals surface area (Å²) in [5.74, 6) is -0.484. The van der Waals surface area contributed by atoms with Crippen molar-refractivity contribution in [1.29, 1.82) is 0 Å². The number of nitrogens with zero attached hydrogens (tertiary/aromatic N) is 1. The molecule has 2 aromatic rings. The number of para-hydroxylation sites is 1. The van der Waals surface area contributed by atoms with E-state index in [0.717, 1.165) is 6.42 Å². The van der Waals surface area contributed by atoms with Gasteiger partial charge in [0.05, 0.1) is 29.8 Å². The van der Waals surface area contributed by atoms with E-state index >= 15 is 0 Å². The van der Waals surface area contributed by atoms with Crippen molar-refractivity contribution in [1.82, 2.24) is 10.2 Å². The maximum absolute atomic E-state index is 13.8. The van der Waals surface area contributed by atoms with Crippen LogP contribution in [0.3, 0.4) is 0 Å². The smallest absolute Gasteiger partial charge is 0.323 e. The minimum absolute atomic E-state index is 0.0408. The van der Waals surface area contributed by atoms with Crippen molar-refractivity contribution in [2.75, 3.05) is 30.8 Å². The van der Waals surface area contributed by atoms with Crippen LogP contribution < -0.4 is 20.7 Å². The van der Waals surface area contributed by atoms with Gasteiger partial charge in [0.25, 0.3) is 5.91 Å². The third kappa shape index (κ3) is 5.93. The van der Waals surface area contributed by atoms with E-state index in [9.17, 15) is 18.8 Å². The van der Waals surface area contributed by atoms with Crippen LogP contribution in [0.4, 0.5) is 20.6 Å². The number of urea groups is 1. The van der Waals surface area contributed by atoms with Crippen LogP contribution in [-0.4, -0.2) is 61.2 Å². The van der Waals surface area contributed by atoms with Gasteiger partial charge in [-0.1, -0.05) is 19.1 Å². The Morgan fingerprint density at radius 3 is 2.72 bits per heavy atom. The highest BCUT2D eigenvalue weighted by Gasteiger charge is 2.39. The molecule has 3 atom stereocenters. The molecule has 0 aromatic heterocycles. The molecule has 1 fully saturated rings. The van der Waals surface area contributed by atoms with E-state index in [-0.39, 0.29) is 48.8 Å². The standard InChI is InChI=1S/C26H31FN4O5/c1-3-12-28-24(32)14-17-9-10-21-23(36-17)15-35-22-11-8-16(13-18(22)25(33)31(21)2)29-26(34)30-20-7-5-4-6-19(20)27/h4-8,11,13,17,21,23H,3,9-10,12,14-15H2,1-2H3,(H,28,32)(H2,29,30,34)/t17-,21-,23-/m0/s1. The summed E-state index contributed by atoms with van der Waals surface area (Å²) in [7, 11) is 1.72.